The molecule has 0 saturated heterocycles. The minimum Gasteiger partial charge on any atom is -0.367 e. The van der Waals surface area contributed by atoms with E-state index in [-0.39, 0.29) is 0 Å². The summed E-state index contributed by atoms with van der Waals surface area (Å²) in [4.78, 5) is 4.38. The van der Waals surface area contributed by atoms with Crippen molar-refractivity contribution in [3.05, 3.63) is 48.2 Å². The summed E-state index contributed by atoms with van der Waals surface area (Å²) < 4.78 is 0. The molecule has 3 nitrogen and oxygen atoms in total. The smallest absolute Gasteiger partial charge is 0.144 e. The maximum absolute atomic E-state index is 9.25. The van der Waals surface area contributed by atoms with Gasteiger partial charge in [-0.25, -0.2) is 4.98 Å². The number of hydrogen-bond donors (Lipinski definition) is 1. The molecule has 2 aromatic rings. The van der Waals surface area contributed by atoms with Crippen molar-refractivity contribution in [2.45, 2.75) is 26.3 Å². The zero-order chi connectivity index (χ0) is 13.7. The molecule has 0 fully saturated rings. The molecule has 0 saturated carbocycles. The van der Waals surface area contributed by atoms with Crippen LogP contribution in [0.4, 0.5) is 5.82 Å². The predicted octanol–water partition coefficient (Wildman–Crippen LogP) is 3.83. The van der Waals surface area contributed by atoms with E-state index < -0.39 is 0 Å². The van der Waals surface area contributed by atoms with Crippen molar-refractivity contribution >= 4 is 5.82 Å². The predicted molar refractivity (Wildman–Crippen MR) is 77.8 cm³/mol. The van der Waals surface area contributed by atoms with E-state index in [4.69, 9.17) is 0 Å². The molecular formula is C16H17N3. The first-order valence-electron chi connectivity index (χ1n) is 6.46. The quantitative estimate of drug-likeness (QED) is 0.898. The van der Waals surface area contributed by atoms with E-state index in [9.17, 15) is 5.26 Å². The van der Waals surface area contributed by atoms with Gasteiger partial charge < -0.3 is 5.32 Å². The van der Waals surface area contributed by atoms with Crippen LogP contribution in [0.15, 0.2) is 42.6 Å². The summed E-state index contributed by atoms with van der Waals surface area (Å²) in [7, 11) is 0. The molecule has 0 aliphatic heterocycles. The summed E-state index contributed by atoms with van der Waals surface area (Å²) in [5, 5.41) is 12.5. The lowest BCUT2D eigenvalue weighted by atomic mass is 10.1. The second kappa shape index (κ2) is 6.01. The van der Waals surface area contributed by atoms with Crippen molar-refractivity contribution in [2.75, 3.05) is 5.32 Å². The summed E-state index contributed by atoms with van der Waals surface area (Å²) >= 11 is 0. The molecule has 2 rings (SSSR count). The van der Waals surface area contributed by atoms with Crippen LogP contribution in [0.2, 0.25) is 0 Å². The van der Waals surface area contributed by atoms with Gasteiger partial charge in [-0.1, -0.05) is 37.3 Å². The van der Waals surface area contributed by atoms with Gasteiger partial charge in [0, 0.05) is 17.8 Å². The highest BCUT2D eigenvalue weighted by atomic mass is 15.0. The standard InChI is InChI=1S/C16H17N3/c1-3-12(2)19-16-14(10-17)9-15(11-18-16)13-7-5-4-6-8-13/h4-9,11-12H,3H2,1-2H3,(H,18,19). The Hall–Kier alpha value is -2.34. The van der Waals surface area contributed by atoms with Gasteiger partial charge in [0.05, 0.1) is 5.56 Å². The number of aromatic nitrogens is 1. The first-order valence-corrected chi connectivity index (χ1v) is 6.46. The molecule has 3 heteroatoms. The summed E-state index contributed by atoms with van der Waals surface area (Å²) in [5.74, 6) is 0.663. The van der Waals surface area contributed by atoms with E-state index in [0.29, 0.717) is 17.4 Å². The highest BCUT2D eigenvalue weighted by Crippen LogP contribution is 2.23. The van der Waals surface area contributed by atoms with Gasteiger partial charge in [0.15, 0.2) is 0 Å². The molecule has 1 atom stereocenters. The first-order chi connectivity index (χ1) is 9.24. The van der Waals surface area contributed by atoms with Crippen molar-refractivity contribution in [1.82, 2.24) is 4.98 Å². The fraction of sp³-hybridized carbons (Fsp3) is 0.250. The van der Waals surface area contributed by atoms with Gasteiger partial charge in [-0.05, 0) is 25.0 Å². The van der Waals surface area contributed by atoms with E-state index in [1.165, 1.54) is 0 Å². The van der Waals surface area contributed by atoms with Crippen LogP contribution in [-0.4, -0.2) is 11.0 Å². The molecule has 1 N–H and O–H groups in total. The van der Waals surface area contributed by atoms with Crippen LogP contribution in [0.5, 0.6) is 0 Å². The highest BCUT2D eigenvalue weighted by Gasteiger charge is 2.08. The lowest BCUT2D eigenvalue weighted by Crippen LogP contribution is -2.15. The SMILES string of the molecule is CCC(C)Nc1ncc(-c2ccccc2)cc1C#N. The molecule has 19 heavy (non-hydrogen) atoms. The third-order valence-corrected chi connectivity index (χ3v) is 3.11. The monoisotopic (exact) mass is 251 g/mol. The molecule has 0 radical (unpaired) electrons. The molecule has 1 aromatic carbocycles. The van der Waals surface area contributed by atoms with Crippen LogP contribution < -0.4 is 5.32 Å². The van der Waals surface area contributed by atoms with Crippen molar-refractivity contribution < 1.29 is 0 Å². The van der Waals surface area contributed by atoms with E-state index in [0.717, 1.165) is 17.5 Å². The summed E-state index contributed by atoms with van der Waals surface area (Å²) in [6.45, 7) is 4.18. The number of anilines is 1. The molecule has 1 heterocycles. The topological polar surface area (TPSA) is 48.7 Å². The Bertz CT molecular complexity index is 585. The van der Waals surface area contributed by atoms with Crippen LogP contribution in [0, 0.1) is 11.3 Å². The molecule has 0 aliphatic carbocycles. The third-order valence-electron chi connectivity index (χ3n) is 3.11. The van der Waals surface area contributed by atoms with E-state index in [1.807, 2.05) is 36.4 Å². The zero-order valence-electron chi connectivity index (χ0n) is 11.2. The molecular weight excluding hydrogens is 234 g/mol. The van der Waals surface area contributed by atoms with Crippen LogP contribution in [0.25, 0.3) is 11.1 Å². The Labute approximate surface area is 113 Å². The van der Waals surface area contributed by atoms with Gasteiger partial charge in [0.25, 0.3) is 0 Å². The largest absolute Gasteiger partial charge is 0.367 e. The normalized spacial score (nSPS) is 11.6. The Morgan fingerprint density at radius 1 is 1.26 bits per heavy atom. The van der Waals surface area contributed by atoms with Crippen molar-refractivity contribution in [1.29, 1.82) is 5.26 Å². The van der Waals surface area contributed by atoms with Gasteiger partial charge >= 0.3 is 0 Å². The maximum atomic E-state index is 9.25. The zero-order valence-corrected chi connectivity index (χ0v) is 11.2. The van der Waals surface area contributed by atoms with Crippen LogP contribution in [0.1, 0.15) is 25.8 Å². The number of nitriles is 1. The maximum Gasteiger partial charge on any atom is 0.144 e. The van der Waals surface area contributed by atoms with Crippen molar-refractivity contribution in [2.24, 2.45) is 0 Å². The number of pyridine rings is 1. The molecule has 1 aromatic heterocycles. The Morgan fingerprint density at radius 3 is 2.63 bits per heavy atom. The molecule has 0 bridgehead atoms. The summed E-state index contributed by atoms with van der Waals surface area (Å²) in [5.41, 5.74) is 2.62. The number of benzene rings is 1. The van der Waals surface area contributed by atoms with Gasteiger partial charge in [-0.2, -0.15) is 5.26 Å². The molecule has 0 spiro atoms. The van der Waals surface area contributed by atoms with Crippen molar-refractivity contribution in [3.8, 4) is 17.2 Å². The van der Waals surface area contributed by atoms with Gasteiger partial charge in [-0.3, -0.25) is 0 Å². The minimum atomic E-state index is 0.308. The third kappa shape index (κ3) is 3.11. The number of nitrogens with one attached hydrogen (secondary N) is 1. The second-order valence-electron chi connectivity index (χ2n) is 4.55. The highest BCUT2D eigenvalue weighted by molar-refractivity contribution is 5.67. The number of hydrogen-bond acceptors (Lipinski definition) is 3. The summed E-state index contributed by atoms with van der Waals surface area (Å²) in [6.07, 6.45) is 2.80. The minimum absolute atomic E-state index is 0.308. The number of rotatable bonds is 4. The average molecular weight is 251 g/mol. The van der Waals surface area contributed by atoms with E-state index in [2.05, 4.69) is 30.2 Å². The average Bonchev–Trinajstić information content (AvgIpc) is 2.48. The lowest BCUT2D eigenvalue weighted by molar-refractivity contribution is 0.759. The van der Waals surface area contributed by atoms with Gasteiger partial charge in [-0.15, -0.1) is 0 Å². The van der Waals surface area contributed by atoms with E-state index >= 15 is 0 Å². The van der Waals surface area contributed by atoms with Crippen LogP contribution in [-0.2, 0) is 0 Å². The molecule has 0 aliphatic rings. The second-order valence-corrected chi connectivity index (χ2v) is 4.55. The Kier molecular flexibility index (Phi) is 4.15. The van der Waals surface area contributed by atoms with Gasteiger partial charge in [0.2, 0.25) is 0 Å². The van der Waals surface area contributed by atoms with Crippen molar-refractivity contribution in [3.63, 3.8) is 0 Å². The fourth-order valence-corrected chi connectivity index (χ4v) is 1.79. The molecule has 1 unspecified atom stereocenters. The van der Waals surface area contributed by atoms with E-state index in [1.54, 1.807) is 6.20 Å². The number of nitrogens with zero attached hydrogens (tertiary/aromatic N) is 2. The molecule has 96 valence electrons. The fourth-order valence-electron chi connectivity index (χ4n) is 1.79. The first kappa shape index (κ1) is 13.1. The Morgan fingerprint density at radius 2 is 2.00 bits per heavy atom. The van der Waals surface area contributed by atoms with Crippen LogP contribution in [0.3, 0.4) is 0 Å². The summed E-state index contributed by atoms with van der Waals surface area (Å²) in [6, 6.07) is 14.4. The molecule has 0 amide bonds. The van der Waals surface area contributed by atoms with Crippen LogP contribution >= 0.6 is 0 Å². The van der Waals surface area contributed by atoms with Gasteiger partial charge in [0.1, 0.15) is 11.9 Å². The lowest BCUT2D eigenvalue weighted by Gasteiger charge is -2.13. The Balaban J connectivity index is 2.34.